The van der Waals surface area contributed by atoms with Crippen molar-refractivity contribution in [2.24, 2.45) is 0 Å². The van der Waals surface area contributed by atoms with Gasteiger partial charge in [-0.05, 0) is 6.42 Å². The molecule has 0 aliphatic rings. The predicted octanol–water partition coefficient (Wildman–Crippen LogP) is -0.434. The molecule has 0 saturated heterocycles. The third-order valence-corrected chi connectivity index (χ3v) is 4.63. The van der Waals surface area contributed by atoms with E-state index in [2.05, 4.69) is 15.5 Å². The normalized spacial score (nSPS) is 11.8. The van der Waals surface area contributed by atoms with Crippen molar-refractivity contribution >= 4 is 21.6 Å². The highest BCUT2D eigenvalue weighted by Crippen LogP contribution is 2.15. The number of hydrogen-bond acceptors (Lipinski definition) is 5. The molecular weight excluding hydrogens is 282 g/mol. The van der Waals surface area contributed by atoms with Crippen molar-refractivity contribution in [1.82, 2.24) is 19.8 Å². The summed E-state index contributed by atoms with van der Waals surface area (Å²) in [6.45, 7) is 2.00. The number of nitrogens with zero attached hydrogens (tertiary/aromatic N) is 2. The summed E-state index contributed by atoms with van der Waals surface area (Å²) in [5.74, 6) is -0.646. The molecule has 0 fully saturated rings. The zero-order chi connectivity index (χ0) is 15.3. The smallest absolute Gasteiger partial charge is 0.273 e. The maximum atomic E-state index is 11.9. The lowest BCUT2D eigenvalue weighted by Crippen LogP contribution is -2.34. The fourth-order valence-corrected chi connectivity index (χ4v) is 2.29. The van der Waals surface area contributed by atoms with Crippen LogP contribution in [0, 0.1) is 0 Å². The molecule has 1 heterocycles. The Morgan fingerprint density at radius 2 is 2.10 bits per heavy atom. The van der Waals surface area contributed by atoms with E-state index in [0.717, 1.165) is 16.4 Å². The summed E-state index contributed by atoms with van der Waals surface area (Å²) in [5.41, 5.74) is 6.96. The van der Waals surface area contributed by atoms with Crippen LogP contribution in [0.2, 0.25) is 0 Å². The Balaban J connectivity index is 2.60. The van der Waals surface area contributed by atoms with Gasteiger partial charge in [0, 0.05) is 20.6 Å². The van der Waals surface area contributed by atoms with Crippen LogP contribution in [0.15, 0.2) is 0 Å². The van der Waals surface area contributed by atoms with Crippen LogP contribution in [0.1, 0.15) is 29.5 Å². The SMILES string of the molecule is CCCc1[nH]nc(C(=O)NCCS(=O)(=O)N(C)C)c1N. The van der Waals surface area contributed by atoms with Crippen LogP contribution in [0.25, 0.3) is 0 Å². The van der Waals surface area contributed by atoms with Crippen LogP contribution < -0.4 is 11.1 Å². The molecule has 1 aromatic rings. The molecule has 4 N–H and O–H groups in total. The van der Waals surface area contributed by atoms with Gasteiger partial charge in [-0.2, -0.15) is 5.10 Å². The van der Waals surface area contributed by atoms with Crippen molar-refractivity contribution in [3.05, 3.63) is 11.4 Å². The van der Waals surface area contributed by atoms with Crippen LogP contribution in [0.3, 0.4) is 0 Å². The summed E-state index contributed by atoms with van der Waals surface area (Å²) in [5, 5.41) is 9.08. The molecule has 8 nitrogen and oxygen atoms in total. The number of aromatic nitrogens is 2. The van der Waals surface area contributed by atoms with E-state index in [4.69, 9.17) is 5.73 Å². The Hall–Kier alpha value is -1.61. The van der Waals surface area contributed by atoms with Gasteiger partial charge in [0.1, 0.15) is 0 Å². The Bertz CT molecular complexity index is 565. The van der Waals surface area contributed by atoms with Crippen molar-refractivity contribution in [3.63, 3.8) is 0 Å². The number of carbonyl (C=O) groups excluding carboxylic acids is 1. The third kappa shape index (κ3) is 3.94. The summed E-state index contributed by atoms with van der Waals surface area (Å²) in [6.07, 6.45) is 1.59. The highest BCUT2D eigenvalue weighted by Gasteiger charge is 2.18. The van der Waals surface area contributed by atoms with Gasteiger partial charge in [-0.3, -0.25) is 9.89 Å². The molecule has 9 heteroatoms. The average molecular weight is 303 g/mol. The van der Waals surface area contributed by atoms with Gasteiger partial charge >= 0.3 is 0 Å². The first-order valence-corrected chi connectivity index (χ1v) is 7.91. The van der Waals surface area contributed by atoms with Gasteiger partial charge < -0.3 is 11.1 Å². The molecule has 1 aromatic heterocycles. The quantitative estimate of drug-likeness (QED) is 0.631. The minimum Gasteiger partial charge on any atom is -0.395 e. The fourth-order valence-electron chi connectivity index (χ4n) is 1.56. The van der Waals surface area contributed by atoms with Gasteiger partial charge in [0.15, 0.2) is 5.69 Å². The topological polar surface area (TPSA) is 121 Å². The number of carbonyl (C=O) groups is 1. The number of nitrogen functional groups attached to an aromatic ring is 1. The van der Waals surface area contributed by atoms with E-state index in [1.54, 1.807) is 0 Å². The number of hydrogen-bond donors (Lipinski definition) is 3. The summed E-state index contributed by atoms with van der Waals surface area (Å²) < 4.78 is 24.2. The van der Waals surface area contributed by atoms with Gasteiger partial charge in [-0.15, -0.1) is 0 Å². The second kappa shape index (κ2) is 6.71. The molecule has 1 rings (SSSR count). The summed E-state index contributed by atoms with van der Waals surface area (Å²) >= 11 is 0. The largest absolute Gasteiger partial charge is 0.395 e. The molecule has 1 amide bonds. The molecule has 0 unspecified atom stereocenters. The molecule has 20 heavy (non-hydrogen) atoms. The van der Waals surface area contributed by atoms with Crippen LogP contribution in [0.4, 0.5) is 5.69 Å². The maximum absolute atomic E-state index is 11.9. The van der Waals surface area contributed by atoms with Crippen LogP contribution >= 0.6 is 0 Å². The van der Waals surface area contributed by atoms with Gasteiger partial charge in [0.25, 0.3) is 5.91 Å². The lowest BCUT2D eigenvalue weighted by Gasteiger charge is -2.11. The molecule has 0 spiro atoms. The number of aryl methyl sites for hydroxylation is 1. The Labute approximate surface area is 118 Å². The van der Waals surface area contributed by atoms with Gasteiger partial charge in [0.2, 0.25) is 10.0 Å². The van der Waals surface area contributed by atoms with E-state index in [1.807, 2.05) is 6.92 Å². The molecule has 0 atom stereocenters. The zero-order valence-corrected chi connectivity index (χ0v) is 12.7. The minimum atomic E-state index is -3.33. The third-order valence-electron chi connectivity index (χ3n) is 2.80. The number of anilines is 1. The molecule has 0 bridgehead atoms. The van der Waals surface area contributed by atoms with E-state index in [0.29, 0.717) is 12.1 Å². The monoisotopic (exact) mass is 303 g/mol. The second-order valence-corrected chi connectivity index (χ2v) is 6.87. The zero-order valence-electron chi connectivity index (χ0n) is 11.9. The van der Waals surface area contributed by atoms with Crippen LogP contribution in [-0.2, 0) is 16.4 Å². The predicted molar refractivity (Wildman–Crippen MR) is 76.8 cm³/mol. The van der Waals surface area contributed by atoms with E-state index in [1.165, 1.54) is 14.1 Å². The first-order chi connectivity index (χ1) is 9.29. The second-order valence-electron chi connectivity index (χ2n) is 4.57. The van der Waals surface area contributed by atoms with Crippen molar-refractivity contribution in [3.8, 4) is 0 Å². The van der Waals surface area contributed by atoms with Gasteiger partial charge in [-0.1, -0.05) is 13.3 Å². The molecule has 0 aliphatic carbocycles. The minimum absolute atomic E-state index is 0.00869. The summed E-state index contributed by atoms with van der Waals surface area (Å²) in [7, 11) is -0.442. The molecule has 0 aromatic carbocycles. The van der Waals surface area contributed by atoms with Gasteiger partial charge in [-0.25, -0.2) is 12.7 Å². The number of sulfonamides is 1. The van der Waals surface area contributed by atoms with E-state index < -0.39 is 15.9 Å². The van der Waals surface area contributed by atoms with E-state index >= 15 is 0 Å². The molecular formula is C11H21N5O3S. The standard InChI is InChI=1S/C11H21N5O3S/c1-4-5-8-9(12)10(15-14-8)11(17)13-6-7-20(18,19)16(2)3/h4-7,12H2,1-3H3,(H,13,17)(H,14,15). The van der Waals surface area contributed by atoms with Crippen molar-refractivity contribution < 1.29 is 13.2 Å². The Morgan fingerprint density at radius 3 is 2.65 bits per heavy atom. The molecule has 0 radical (unpaired) electrons. The molecule has 0 aliphatic heterocycles. The first kappa shape index (κ1) is 16.4. The van der Waals surface area contributed by atoms with E-state index in [-0.39, 0.29) is 18.0 Å². The lowest BCUT2D eigenvalue weighted by molar-refractivity contribution is 0.0952. The number of rotatable bonds is 7. The van der Waals surface area contributed by atoms with Crippen molar-refractivity contribution in [1.29, 1.82) is 0 Å². The highest BCUT2D eigenvalue weighted by atomic mass is 32.2. The fraction of sp³-hybridized carbons (Fsp3) is 0.636. The van der Waals surface area contributed by atoms with Crippen LogP contribution in [0.5, 0.6) is 0 Å². The first-order valence-electron chi connectivity index (χ1n) is 6.30. The number of nitrogens with one attached hydrogen (secondary N) is 2. The molecule has 114 valence electrons. The van der Waals surface area contributed by atoms with Gasteiger partial charge in [0.05, 0.1) is 17.1 Å². The number of nitrogens with two attached hydrogens (primary N) is 1. The summed E-state index contributed by atoms with van der Waals surface area (Å²) in [4.78, 5) is 11.9. The average Bonchev–Trinajstić information content (AvgIpc) is 2.71. The van der Waals surface area contributed by atoms with Crippen molar-refractivity contribution in [2.45, 2.75) is 19.8 Å². The van der Waals surface area contributed by atoms with E-state index in [9.17, 15) is 13.2 Å². The highest BCUT2D eigenvalue weighted by molar-refractivity contribution is 7.89. The summed E-state index contributed by atoms with van der Waals surface area (Å²) in [6, 6.07) is 0. The molecule has 0 saturated carbocycles. The Morgan fingerprint density at radius 1 is 1.45 bits per heavy atom. The maximum Gasteiger partial charge on any atom is 0.273 e. The number of aromatic amines is 1. The lowest BCUT2D eigenvalue weighted by atomic mass is 10.2. The van der Waals surface area contributed by atoms with Crippen LogP contribution in [-0.4, -0.2) is 55.2 Å². The Kier molecular flexibility index (Phi) is 5.52. The number of H-pyrrole nitrogens is 1. The number of amides is 1. The van der Waals surface area contributed by atoms with Crippen molar-refractivity contribution in [2.75, 3.05) is 32.1 Å².